The summed E-state index contributed by atoms with van der Waals surface area (Å²) in [5.74, 6) is 3.07. The average Bonchev–Trinajstić information content (AvgIpc) is 3.00. The van der Waals surface area contributed by atoms with Crippen LogP contribution in [0.4, 0.5) is 0 Å². The van der Waals surface area contributed by atoms with E-state index < -0.39 is 0 Å². The van der Waals surface area contributed by atoms with Crippen LogP contribution in [-0.4, -0.2) is 34.4 Å². The molecule has 0 bridgehead atoms. The Kier molecular flexibility index (Phi) is 5.50. The molecule has 1 heterocycles. The number of nitrogens with zero attached hydrogens (tertiary/aromatic N) is 2. The largest absolute Gasteiger partial charge is 0.497 e. The van der Waals surface area contributed by atoms with Gasteiger partial charge in [-0.15, -0.1) is 6.42 Å². The number of terminal acetylenes is 1. The van der Waals surface area contributed by atoms with Crippen LogP contribution in [0.5, 0.6) is 5.75 Å². The lowest BCUT2D eigenvalue weighted by Gasteiger charge is -2.12. The molecule has 0 fully saturated rings. The fourth-order valence-corrected chi connectivity index (χ4v) is 2.72. The number of imidazole rings is 1. The van der Waals surface area contributed by atoms with Crippen molar-refractivity contribution in [1.29, 1.82) is 0 Å². The number of ether oxygens (including phenoxy) is 1. The molecule has 5 nitrogen and oxygen atoms in total. The first kappa shape index (κ1) is 16.0. The zero-order valence-corrected chi connectivity index (χ0v) is 13.3. The number of carbonyl (C=O) groups is 1. The molecule has 1 aromatic heterocycles. The van der Waals surface area contributed by atoms with Gasteiger partial charge in [-0.2, -0.15) is 0 Å². The summed E-state index contributed by atoms with van der Waals surface area (Å²) in [7, 11) is 1.63. The Balaban J connectivity index is 2.12. The summed E-state index contributed by atoms with van der Waals surface area (Å²) in [5, 5.41) is 3.13. The van der Waals surface area contributed by atoms with Crippen molar-refractivity contribution in [2.45, 2.75) is 17.3 Å². The number of carbonyl (C=O) groups excluding carboxylic acids is 1. The van der Waals surface area contributed by atoms with Gasteiger partial charge in [-0.25, -0.2) is 4.98 Å². The molecule has 2 rings (SSSR count). The molecule has 0 spiro atoms. The van der Waals surface area contributed by atoms with Gasteiger partial charge in [-0.05, 0) is 31.2 Å². The summed E-state index contributed by atoms with van der Waals surface area (Å²) in [6, 6.07) is 7.64. The Morgan fingerprint density at radius 1 is 1.50 bits per heavy atom. The Morgan fingerprint density at radius 3 is 2.86 bits per heavy atom. The second-order valence-corrected chi connectivity index (χ2v) is 5.77. The van der Waals surface area contributed by atoms with Gasteiger partial charge in [0.05, 0.1) is 18.9 Å². The van der Waals surface area contributed by atoms with Gasteiger partial charge in [0.15, 0.2) is 5.16 Å². The van der Waals surface area contributed by atoms with Crippen LogP contribution in [0.25, 0.3) is 5.69 Å². The molecule has 0 saturated carbocycles. The summed E-state index contributed by atoms with van der Waals surface area (Å²) < 4.78 is 7.08. The van der Waals surface area contributed by atoms with Gasteiger partial charge in [0.2, 0.25) is 5.91 Å². The van der Waals surface area contributed by atoms with E-state index in [1.54, 1.807) is 13.3 Å². The molecule has 22 heavy (non-hydrogen) atoms. The van der Waals surface area contributed by atoms with Crippen LogP contribution in [0.15, 0.2) is 41.8 Å². The topological polar surface area (TPSA) is 56.2 Å². The number of aromatic nitrogens is 2. The fraction of sp³-hybridized carbons (Fsp3) is 0.250. The Bertz CT molecular complexity index is 673. The van der Waals surface area contributed by atoms with Gasteiger partial charge in [0.25, 0.3) is 0 Å². The van der Waals surface area contributed by atoms with E-state index in [2.05, 4.69) is 16.2 Å². The van der Waals surface area contributed by atoms with E-state index in [9.17, 15) is 4.79 Å². The van der Waals surface area contributed by atoms with E-state index in [1.165, 1.54) is 11.8 Å². The highest BCUT2D eigenvalue weighted by atomic mass is 32.2. The van der Waals surface area contributed by atoms with Crippen LogP contribution in [-0.2, 0) is 4.79 Å². The van der Waals surface area contributed by atoms with E-state index >= 15 is 0 Å². The number of benzene rings is 1. The van der Waals surface area contributed by atoms with Gasteiger partial charge in [-0.3, -0.25) is 9.36 Å². The van der Waals surface area contributed by atoms with Crippen LogP contribution < -0.4 is 10.1 Å². The molecule has 6 heteroatoms. The monoisotopic (exact) mass is 315 g/mol. The molecular formula is C16H17N3O2S. The standard InChI is InChI=1S/C16H17N3O2S/c1-4-9-17-15(20)12(2)22-16-18-10-11-19(16)13-5-7-14(21-3)8-6-13/h1,5-8,10-12H,9H2,2-3H3,(H,17,20). The highest BCUT2D eigenvalue weighted by molar-refractivity contribution is 8.00. The molecular weight excluding hydrogens is 298 g/mol. The van der Waals surface area contributed by atoms with Crippen molar-refractivity contribution in [3.63, 3.8) is 0 Å². The zero-order chi connectivity index (χ0) is 15.9. The minimum atomic E-state index is -0.284. The van der Waals surface area contributed by atoms with Crippen molar-refractivity contribution < 1.29 is 9.53 Å². The van der Waals surface area contributed by atoms with Crippen LogP contribution in [0.1, 0.15) is 6.92 Å². The van der Waals surface area contributed by atoms with Gasteiger partial charge in [0.1, 0.15) is 5.75 Å². The minimum Gasteiger partial charge on any atom is -0.497 e. The molecule has 1 unspecified atom stereocenters. The third-order valence-electron chi connectivity index (χ3n) is 2.97. The fourth-order valence-electron chi connectivity index (χ4n) is 1.81. The Labute approximate surface area is 134 Å². The first-order valence-electron chi connectivity index (χ1n) is 6.71. The van der Waals surface area contributed by atoms with Crippen LogP contribution in [0.3, 0.4) is 0 Å². The smallest absolute Gasteiger partial charge is 0.234 e. The number of hydrogen-bond donors (Lipinski definition) is 1. The number of methoxy groups -OCH3 is 1. The average molecular weight is 315 g/mol. The van der Waals surface area contributed by atoms with Crippen molar-refractivity contribution in [2.75, 3.05) is 13.7 Å². The zero-order valence-electron chi connectivity index (χ0n) is 12.4. The molecule has 1 atom stereocenters. The molecule has 114 valence electrons. The number of hydrogen-bond acceptors (Lipinski definition) is 4. The minimum absolute atomic E-state index is 0.104. The second kappa shape index (κ2) is 7.57. The van der Waals surface area contributed by atoms with Crippen molar-refractivity contribution >= 4 is 17.7 Å². The van der Waals surface area contributed by atoms with E-state index in [-0.39, 0.29) is 17.7 Å². The maximum atomic E-state index is 11.9. The number of rotatable bonds is 6. The van der Waals surface area contributed by atoms with E-state index in [0.29, 0.717) is 0 Å². The lowest BCUT2D eigenvalue weighted by molar-refractivity contribution is -0.120. The first-order valence-corrected chi connectivity index (χ1v) is 7.59. The van der Waals surface area contributed by atoms with Crippen LogP contribution in [0, 0.1) is 12.3 Å². The molecule has 0 aliphatic carbocycles. The van der Waals surface area contributed by atoms with E-state index in [4.69, 9.17) is 11.2 Å². The van der Waals surface area contributed by atoms with Crippen LogP contribution in [0.2, 0.25) is 0 Å². The molecule has 0 saturated heterocycles. The molecule has 1 amide bonds. The summed E-state index contributed by atoms with van der Waals surface area (Å²) in [4.78, 5) is 16.2. The first-order chi connectivity index (χ1) is 10.7. The maximum absolute atomic E-state index is 11.9. The SMILES string of the molecule is C#CCNC(=O)C(C)Sc1nccn1-c1ccc(OC)cc1. The van der Waals surface area contributed by atoms with Crippen LogP contribution >= 0.6 is 11.8 Å². The van der Waals surface area contributed by atoms with Crippen molar-refractivity contribution in [3.05, 3.63) is 36.7 Å². The third kappa shape index (κ3) is 3.83. The van der Waals surface area contributed by atoms with Gasteiger partial charge >= 0.3 is 0 Å². The van der Waals surface area contributed by atoms with Crippen molar-refractivity contribution in [3.8, 4) is 23.8 Å². The number of nitrogens with one attached hydrogen (secondary N) is 1. The molecule has 1 N–H and O–H groups in total. The predicted molar refractivity (Wildman–Crippen MR) is 87.3 cm³/mol. The number of amides is 1. The normalized spacial score (nSPS) is 11.5. The van der Waals surface area contributed by atoms with Gasteiger partial charge < -0.3 is 10.1 Å². The summed E-state index contributed by atoms with van der Waals surface area (Å²) in [6.07, 6.45) is 8.70. The highest BCUT2D eigenvalue weighted by Gasteiger charge is 2.17. The lowest BCUT2D eigenvalue weighted by Crippen LogP contribution is -2.31. The van der Waals surface area contributed by atoms with Crippen molar-refractivity contribution in [1.82, 2.24) is 14.9 Å². The Morgan fingerprint density at radius 2 is 2.23 bits per heavy atom. The summed E-state index contributed by atoms with van der Waals surface area (Å²) >= 11 is 1.38. The summed E-state index contributed by atoms with van der Waals surface area (Å²) in [5.41, 5.74) is 0.956. The Hall–Kier alpha value is -2.39. The summed E-state index contributed by atoms with van der Waals surface area (Å²) in [6.45, 7) is 2.06. The van der Waals surface area contributed by atoms with Crippen molar-refractivity contribution in [2.24, 2.45) is 0 Å². The quantitative estimate of drug-likeness (QED) is 0.655. The predicted octanol–water partition coefficient (Wildman–Crippen LogP) is 2.11. The second-order valence-electron chi connectivity index (χ2n) is 4.46. The number of thioether (sulfide) groups is 1. The molecule has 0 radical (unpaired) electrons. The molecule has 1 aromatic carbocycles. The highest BCUT2D eigenvalue weighted by Crippen LogP contribution is 2.25. The maximum Gasteiger partial charge on any atom is 0.234 e. The molecule has 0 aliphatic heterocycles. The molecule has 2 aromatic rings. The van der Waals surface area contributed by atoms with E-state index in [0.717, 1.165) is 16.6 Å². The molecule has 0 aliphatic rings. The van der Waals surface area contributed by atoms with Gasteiger partial charge in [-0.1, -0.05) is 17.7 Å². The lowest BCUT2D eigenvalue weighted by atomic mass is 10.3. The van der Waals surface area contributed by atoms with E-state index in [1.807, 2.05) is 42.0 Å². The van der Waals surface area contributed by atoms with Gasteiger partial charge in [0, 0.05) is 18.1 Å². The third-order valence-corrected chi connectivity index (χ3v) is 4.05.